The molecule has 28 heavy (non-hydrogen) atoms. The second-order valence-corrected chi connectivity index (χ2v) is 6.86. The molecule has 0 radical (unpaired) electrons. The zero-order valence-electron chi connectivity index (χ0n) is 14.7. The highest BCUT2D eigenvalue weighted by Gasteiger charge is 2.19. The Morgan fingerprint density at radius 2 is 1.75 bits per heavy atom. The maximum absolute atomic E-state index is 14.5. The van der Waals surface area contributed by atoms with Crippen LogP contribution in [0.5, 0.6) is 0 Å². The first kappa shape index (κ1) is 18.1. The molecule has 0 unspecified atom stereocenters. The van der Waals surface area contributed by atoms with E-state index in [0.29, 0.717) is 27.8 Å². The number of carbonyl (C=O) groups excluding carboxylic acids is 1. The molecule has 0 N–H and O–H groups in total. The SMILES string of the molecule is O=C(CSc1nnc(-c2cccnc2)n1-c1ccccc1F)c1ccccc1. The van der Waals surface area contributed by atoms with Gasteiger partial charge >= 0.3 is 0 Å². The van der Waals surface area contributed by atoms with Crippen molar-refractivity contribution in [3.63, 3.8) is 0 Å². The quantitative estimate of drug-likeness (QED) is 0.360. The minimum Gasteiger partial charge on any atom is -0.293 e. The van der Waals surface area contributed by atoms with Gasteiger partial charge in [0.2, 0.25) is 0 Å². The molecule has 0 amide bonds. The van der Waals surface area contributed by atoms with Crippen molar-refractivity contribution in [1.29, 1.82) is 0 Å². The van der Waals surface area contributed by atoms with Crippen LogP contribution in [-0.2, 0) is 0 Å². The number of para-hydroxylation sites is 1. The summed E-state index contributed by atoms with van der Waals surface area (Å²) in [6, 6.07) is 19.1. The predicted molar refractivity (Wildman–Crippen MR) is 106 cm³/mol. The first-order chi connectivity index (χ1) is 13.7. The molecule has 0 spiro atoms. The molecule has 0 atom stereocenters. The van der Waals surface area contributed by atoms with Gasteiger partial charge in [-0.3, -0.25) is 14.3 Å². The van der Waals surface area contributed by atoms with Crippen LogP contribution in [0, 0.1) is 5.82 Å². The van der Waals surface area contributed by atoms with E-state index in [1.165, 1.54) is 17.8 Å². The number of aromatic nitrogens is 4. The smallest absolute Gasteiger partial charge is 0.196 e. The topological polar surface area (TPSA) is 60.7 Å². The number of nitrogens with zero attached hydrogens (tertiary/aromatic N) is 4. The number of halogens is 1. The summed E-state index contributed by atoms with van der Waals surface area (Å²) in [5, 5.41) is 8.87. The monoisotopic (exact) mass is 390 g/mol. The molecule has 5 nitrogen and oxygen atoms in total. The number of rotatable bonds is 6. The fraction of sp³-hybridized carbons (Fsp3) is 0.0476. The summed E-state index contributed by atoms with van der Waals surface area (Å²) in [7, 11) is 0. The molecule has 7 heteroatoms. The molecule has 2 aromatic carbocycles. The standard InChI is InChI=1S/C21H15FN4OS/c22-17-10-4-5-11-18(17)26-20(16-9-6-12-23-13-16)24-25-21(26)28-14-19(27)15-7-2-1-3-8-15/h1-13H,14H2. The van der Waals surface area contributed by atoms with Gasteiger partial charge in [-0.15, -0.1) is 10.2 Å². The second kappa shape index (κ2) is 8.14. The summed E-state index contributed by atoms with van der Waals surface area (Å²) in [5.41, 5.74) is 1.65. The van der Waals surface area contributed by atoms with E-state index in [1.807, 2.05) is 24.3 Å². The molecule has 4 aromatic rings. The molecule has 0 saturated carbocycles. The Morgan fingerprint density at radius 3 is 2.50 bits per heavy atom. The summed E-state index contributed by atoms with van der Waals surface area (Å²) < 4.78 is 16.1. The van der Waals surface area contributed by atoms with E-state index in [9.17, 15) is 9.18 Å². The van der Waals surface area contributed by atoms with Gasteiger partial charge in [0.1, 0.15) is 5.82 Å². The van der Waals surface area contributed by atoms with Crippen LogP contribution in [0.1, 0.15) is 10.4 Å². The maximum Gasteiger partial charge on any atom is 0.196 e. The van der Waals surface area contributed by atoms with Gasteiger partial charge in [0.25, 0.3) is 0 Å². The molecule has 0 aliphatic heterocycles. The molecular formula is C21H15FN4OS. The Labute approximate surface area is 165 Å². The van der Waals surface area contributed by atoms with Gasteiger partial charge < -0.3 is 0 Å². The zero-order valence-corrected chi connectivity index (χ0v) is 15.5. The fourth-order valence-corrected chi connectivity index (χ4v) is 3.57. The van der Waals surface area contributed by atoms with Gasteiger partial charge in [0, 0.05) is 23.5 Å². The minimum atomic E-state index is -0.399. The van der Waals surface area contributed by atoms with Gasteiger partial charge in [-0.1, -0.05) is 54.2 Å². The Bertz CT molecular complexity index is 1100. The molecule has 0 saturated heterocycles. The van der Waals surface area contributed by atoms with E-state index >= 15 is 0 Å². The number of thioether (sulfide) groups is 1. The molecule has 2 heterocycles. The Morgan fingerprint density at radius 1 is 0.964 bits per heavy atom. The van der Waals surface area contributed by atoms with Gasteiger partial charge in [-0.2, -0.15) is 0 Å². The highest BCUT2D eigenvalue weighted by Crippen LogP contribution is 2.29. The van der Waals surface area contributed by atoms with Crippen LogP contribution >= 0.6 is 11.8 Å². The lowest BCUT2D eigenvalue weighted by Gasteiger charge is -2.11. The van der Waals surface area contributed by atoms with Gasteiger partial charge in [0.15, 0.2) is 16.8 Å². The lowest BCUT2D eigenvalue weighted by Crippen LogP contribution is -2.06. The lowest BCUT2D eigenvalue weighted by atomic mass is 10.2. The Kier molecular flexibility index (Phi) is 5.25. The number of benzene rings is 2. The Hall–Kier alpha value is -3.32. The normalized spacial score (nSPS) is 10.8. The first-order valence-electron chi connectivity index (χ1n) is 8.56. The van der Waals surface area contributed by atoms with E-state index in [4.69, 9.17) is 0 Å². The van der Waals surface area contributed by atoms with Crippen LogP contribution in [-0.4, -0.2) is 31.3 Å². The lowest BCUT2D eigenvalue weighted by molar-refractivity contribution is 0.102. The van der Waals surface area contributed by atoms with Gasteiger partial charge in [0.05, 0.1) is 11.4 Å². The van der Waals surface area contributed by atoms with Crippen molar-refractivity contribution in [2.75, 3.05) is 5.75 Å². The molecule has 2 aromatic heterocycles. The number of hydrogen-bond donors (Lipinski definition) is 0. The summed E-state index contributed by atoms with van der Waals surface area (Å²) >= 11 is 1.22. The number of carbonyl (C=O) groups is 1. The van der Waals surface area contributed by atoms with Crippen LogP contribution in [0.3, 0.4) is 0 Å². The van der Waals surface area contributed by atoms with Crippen molar-refractivity contribution < 1.29 is 9.18 Å². The van der Waals surface area contributed by atoms with Gasteiger partial charge in [-0.05, 0) is 24.3 Å². The molecule has 4 rings (SSSR count). The van der Waals surface area contributed by atoms with Crippen LogP contribution in [0.4, 0.5) is 4.39 Å². The molecule has 138 valence electrons. The van der Waals surface area contributed by atoms with Gasteiger partial charge in [-0.25, -0.2) is 4.39 Å². The summed E-state index contributed by atoms with van der Waals surface area (Å²) in [6.45, 7) is 0. The third-order valence-corrected chi connectivity index (χ3v) is 5.00. The maximum atomic E-state index is 14.5. The van der Waals surface area contributed by atoms with Crippen molar-refractivity contribution in [1.82, 2.24) is 19.7 Å². The van der Waals surface area contributed by atoms with Crippen LogP contribution < -0.4 is 0 Å². The van der Waals surface area contributed by atoms with E-state index in [1.54, 1.807) is 53.4 Å². The second-order valence-electron chi connectivity index (χ2n) is 5.91. The predicted octanol–water partition coefficient (Wildman–Crippen LogP) is 4.44. The van der Waals surface area contributed by atoms with Crippen LogP contribution in [0.25, 0.3) is 17.1 Å². The number of pyridine rings is 1. The average molecular weight is 390 g/mol. The third kappa shape index (κ3) is 3.70. The minimum absolute atomic E-state index is 0.0309. The van der Waals surface area contributed by atoms with Crippen LogP contribution in [0.15, 0.2) is 84.3 Å². The first-order valence-corrected chi connectivity index (χ1v) is 9.54. The van der Waals surface area contributed by atoms with E-state index < -0.39 is 5.82 Å². The zero-order chi connectivity index (χ0) is 19.3. The highest BCUT2D eigenvalue weighted by molar-refractivity contribution is 7.99. The highest BCUT2D eigenvalue weighted by atomic mass is 32.2. The Balaban J connectivity index is 1.71. The van der Waals surface area contributed by atoms with E-state index in [2.05, 4.69) is 15.2 Å². The fourth-order valence-electron chi connectivity index (χ4n) is 2.73. The third-order valence-electron chi connectivity index (χ3n) is 4.07. The van der Waals surface area contributed by atoms with Crippen molar-refractivity contribution in [3.8, 4) is 17.1 Å². The van der Waals surface area contributed by atoms with Crippen LogP contribution in [0.2, 0.25) is 0 Å². The summed E-state index contributed by atoms with van der Waals surface area (Å²) in [5.74, 6) is 0.206. The van der Waals surface area contributed by atoms with E-state index in [-0.39, 0.29) is 11.5 Å². The number of ketones is 1. The number of Topliss-reactive ketones (excluding diaryl/α,β-unsaturated/α-hetero) is 1. The average Bonchev–Trinajstić information content (AvgIpc) is 3.17. The number of hydrogen-bond acceptors (Lipinski definition) is 5. The summed E-state index contributed by atoms with van der Waals surface area (Å²) in [6.07, 6.45) is 3.30. The van der Waals surface area contributed by atoms with Crippen molar-refractivity contribution in [2.45, 2.75) is 5.16 Å². The van der Waals surface area contributed by atoms with Crippen molar-refractivity contribution in [2.24, 2.45) is 0 Å². The molecule has 0 fully saturated rings. The molecule has 0 aliphatic rings. The largest absolute Gasteiger partial charge is 0.293 e. The summed E-state index contributed by atoms with van der Waals surface area (Å²) in [4.78, 5) is 16.6. The molecule has 0 bridgehead atoms. The van der Waals surface area contributed by atoms with Crippen molar-refractivity contribution >= 4 is 17.5 Å². The van der Waals surface area contributed by atoms with Crippen molar-refractivity contribution in [3.05, 3.63) is 90.5 Å². The molecule has 0 aliphatic carbocycles. The molecular weight excluding hydrogens is 375 g/mol. The van der Waals surface area contributed by atoms with E-state index in [0.717, 1.165) is 0 Å².